The Morgan fingerprint density at radius 2 is 1.92 bits per heavy atom. The fourth-order valence-electron chi connectivity index (χ4n) is 2.75. The Morgan fingerprint density at radius 3 is 2.46 bits per heavy atom. The molecule has 7 heteroatoms. The van der Waals surface area contributed by atoms with E-state index in [-0.39, 0.29) is 11.9 Å². The van der Waals surface area contributed by atoms with Crippen LogP contribution in [0.4, 0.5) is 0 Å². The zero-order valence-corrected chi connectivity index (χ0v) is 15.3. The maximum atomic E-state index is 12.3. The van der Waals surface area contributed by atoms with E-state index in [1.165, 1.54) is 0 Å². The summed E-state index contributed by atoms with van der Waals surface area (Å²) >= 11 is 6.39. The molecule has 1 N–H and O–H groups in total. The van der Waals surface area contributed by atoms with Crippen LogP contribution in [-0.2, 0) is 14.0 Å². The number of hydrogen-bond donors (Lipinski definition) is 1. The minimum atomic E-state index is -0.539. The van der Waals surface area contributed by atoms with E-state index >= 15 is 0 Å². The lowest BCUT2D eigenvalue weighted by molar-refractivity contribution is 0.00578. The summed E-state index contributed by atoms with van der Waals surface area (Å²) in [6.45, 7) is 9.22. The molecule has 5 nitrogen and oxygen atoms in total. The van der Waals surface area contributed by atoms with Crippen molar-refractivity contribution in [3.63, 3.8) is 0 Å². The minimum Gasteiger partial charge on any atom is -0.399 e. The van der Waals surface area contributed by atoms with Crippen LogP contribution in [0, 0.1) is 0 Å². The summed E-state index contributed by atoms with van der Waals surface area (Å²) < 4.78 is 17.3. The standard InChI is InChI=1S/C17H23BClNO4/c1-16(2)17(3,4)24-18(23-16)13-6-5-11(9-14(13)19)15(21)20-12-7-8-22-10-12/h5-6,9,12H,7-8,10H2,1-4H3,(H,20,21). The van der Waals surface area contributed by atoms with E-state index in [1.807, 2.05) is 27.7 Å². The van der Waals surface area contributed by atoms with Crippen LogP contribution in [-0.4, -0.2) is 43.5 Å². The van der Waals surface area contributed by atoms with Crippen LogP contribution in [0.5, 0.6) is 0 Å². The molecule has 1 amide bonds. The number of nitrogens with one attached hydrogen (secondary N) is 1. The number of carbonyl (C=O) groups excluding carboxylic acids is 1. The summed E-state index contributed by atoms with van der Waals surface area (Å²) in [7, 11) is -0.539. The van der Waals surface area contributed by atoms with Crippen LogP contribution in [0.2, 0.25) is 5.02 Å². The third kappa shape index (κ3) is 3.33. The van der Waals surface area contributed by atoms with Crippen molar-refractivity contribution in [1.82, 2.24) is 5.32 Å². The molecule has 2 heterocycles. The molecule has 0 aromatic heterocycles. The van der Waals surface area contributed by atoms with E-state index in [9.17, 15) is 4.79 Å². The molecule has 0 spiro atoms. The van der Waals surface area contributed by atoms with Crippen molar-refractivity contribution in [2.24, 2.45) is 0 Å². The van der Waals surface area contributed by atoms with Crippen LogP contribution in [0.25, 0.3) is 0 Å². The monoisotopic (exact) mass is 351 g/mol. The van der Waals surface area contributed by atoms with Crippen LogP contribution >= 0.6 is 11.6 Å². The summed E-state index contributed by atoms with van der Waals surface area (Å²) in [5.74, 6) is -0.145. The van der Waals surface area contributed by atoms with Gasteiger partial charge in [-0.15, -0.1) is 0 Å². The fraction of sp³-hybridized carbons (Fsp3) is 0.588. The van der Waals surface area contributed by atoms with E-state index in [1.54, 1.807) is 18.2 Å². The largest absolute Gasteiger partial charge is 0.496 e. The SMILES string of the molecule is CC1(C)OB(c2ccc(C(=O)NC3CCOC3)cc2Cl)OC1(C)C. The molecule has 2 fully saturated rings. The minimum absolute atomic E-state index is 0.0686. The highest BCUT2D eigenvalue weighted by Gasteiger charge is 2.52. The predicted octanol–water partition coefficient (Wildman–Crippen LogP) is 2.16. The maximum Gasteiger partial charge on any atom is 0.496 e. The molecule has 1 unspecified atom stereocenters. The molecule has 130 valence electrons. The van der Waals surface area contributed by atoms with Gasteiger partial charge in [-0.25, -0.2) is 0 Å². The van der Waals surface area contributed by atoms with Gasteiger partial charge in [-0.05, 0) is 46.2 Å². The molecule has 1 aromatic rings. The van der Waals surface area contributed by atoms with E-state index in [0.717, 1.165) is 11.9 Å². The number of benzene rings is 1. The van der Waals surface area contributed by atoms with Crippen LogP contribution < -0.4 is 10.8 Å². The number of carbonyl (C=O) groups is 1. The Kier molecular flexibility index (Phi) is 4.68. The van der Waals surface area contributed by atoms with Gasteiger partial charge in [0.05, 0.1) is 23.9 Å². The highest BCUT2D eigenvalue weighted by atomic mass is 35.5. The Hall–Kier alpha value is -1.08. The molecule has 2 saturated heterocycles. The average Bonchev–Trinajstić information content (AvgIpc) is 3.05. The van der Waals surface area contributed by atoms with E-state index < -0.39 is 18.3 Å². The molecule has 0 bridgehead atoms. The van der Waals surface area contributed by atoms with Gasteiger partial charge in [0.15, 0.2) is 0 Å². The number of amides is 1. The van der Waals surface area contributed by atoms with Gasteiger partial charge in [0.2, 0.25) is 0 Å². The predicted molar refractivity (Wildman–Crippen MR) is 93.9 cm³/mol. The first-order valence-electron chi connectivity index (χ1n) is 8.23. The fourth-order valence-corrected chi connectivity index (χ4v) is 3.02. The van der Waals surface area contributed by atoms with Crippen LogP contribution in [0.3, 0.4) is 0 Å². The topological polar surface area (TPSA) is 56.8 Å². The Balaban J connectivity index is 1.74. The third-order valence-electron chi connectivity index (χ3n) is 5.03. The first kappa shape index (κ1) is 17.7. The summed E-state index contributed by atoms with van der Waals surface area (Å²) in [6, 6.07) is 5.27. The van der Waals surface area contributed by atoms with Gasteiger partial charge in [0.1, 0.15) is 0 Å². The van der Waals surface area contributed by atoms with Gasteiger partial charge in [0.25, 0.3) is 5.91 Å². The van der Waals surface area contributed by atoms with Crippen molar-refractivity contribution < 1.29 is 18.8 Å². The van der Waals surface area contributed by atoms with Crippen molar-refractivity contribution in [3.8, 4) is 0 Å². The summed E-state index contributed by atoms with van der Waals surface area (Å²) in [5.41, 5.74) is 0.391. The molecular weight excluding hydrogens is 328 g/mol. The van der Waals surface area contributed by atoms with Crippen molar-refractivity contribution in [2.75, 3.05) is 13.2 Å². The first-order valence-corrected chi connectivity index (χ1v) is 8.61. The van der Waals surface area contributed by atoms with Gasteiger partial charge < -0.3 is 19.4 Å². The third-order valence-corrected chi connectivity index (χ3v) is 5.36. The van der Waals surface area contributed by atoms with Crippen LogP contribution in [0.1, 0.15) is 44.5 Å². The number of hydrogen-bond acceptors (Lipinski definition) is 4. The average molecular weight is 352 g/mol. The lowest BCUT2D eigenvalue weighted by Gasteiger charge is -2.32. The quantitative estimate of drug-likeness (QED) is 0.848. The first-order chi connectivity index (χ1) is 11.2. The van der Waals surface area contributed by atoms with Crippen molar-refractivity contribution in [1.29, 1.82) is 0 Å². The van der Waals surface area contributed by atoms with Crippen molar-refractivity contribution >= 4 is 30.1 Å². The number of halogens is 1. The molecule has 0 radical (unpaired) electrons. The van der Waals surface area contributed by atoms with E-state index in [4.69, 9.17) is 25.6 Å². The molecule has 1 atom stereocenters. The normalized spacial score (nSPS) is 25.0. The molecule has 1 aromatic carbocycles. The smallest absolute Gasteiger partial charge is 0.399 e. The maximum absolute atomic E-state index is 12.3. The second kappa shape index (κ2) is 6.34. The van der Waals surface area contributed by atoms with Gasteiger partial charge in [0, 0.05) is 22.7 Å². The van der Waals surface area contributed by atoms with E-state index in [2.05, 4.69) is 5.32 Å². The highest BCUT2D eigenvalue weighted by Crippen LogP contribution is 2.37. The molecular formula is C17H23BClNO4. The molecule has 3 rings (SSSR count). The molecule has 0 aliphatic carbocycles. The van der Waals surface area contributed by atoms with Gasteiger partial charge in [-0.3, -0.25) is 4.79 Å². The zero-order chi connectivity index (χ0) is 17.5. The Labute approximate surface area is 148 Å². The van der Waals surface area contributed by atoms with Gasteiger partial charge in [-0.1, -0.05) is 17.7 Å². The molecule has 24 heavy (non-hydrogen) atoms. The number of ether oxygens (including phenoxy) is 1. The molecule has 2 aliphatic rings. The Bertz CT molecular complexity index is 627. The summed E-state index contributed by atoms with van der Waals surface area (Å²) in [5, 5.41) is 3.41. The summed E-state index contributed by atoms with van der Waals surface area (Å²) in [4.78, 5) is 12.3. The number of rotatable bonds is 3. The zero-order valence-electron chi connectivity index (χ0n) is 14.5. The second-order valence-corrected chi connectivity index (χ2v) is 7.77. The van der Waals surface area contributed by atoms with Gasteiger partial charge >= 0.3 is 7.12 Å². The lowest BCUT2D eigenvalue weighted by Crippen LogP contribution is -2.41. The van der Waals surface area contributed by atoms with E-state index in [0.29, 0.717) is 23.8 Å². The molecule has 2 aliphatic heterocycles. The lowest BCUT2D eigenvalue weighted by atomic mass is 9.78. The summed E-state index contributed by atoms with van der Waals surface area (Å²) in [6.07, 6.45) is 0.839. The van der Waals surface area contributed by atoms with Gasteiger partial charge in [-0.2, -0.15) is 0 Å². The Morgan fingerprint density at radius 1 is 1.25 bits per heavy atom. The molecule has 0 saturated carbocycles. The van der Waals surface area contributed by atoms with Crippen LogP contribution in [0.15, 0.2) is 18.2 Å². The highest BCUT2D eigenvalue weighted by molar-refractivity contribution is 6.65. The van der Waals surface area contributed by atoms with Crippen molar-refractivity contribution in [3.05, 3.63) is 28.8 Å². The second-order valence-electron chi connectivity index (χ2n) is 7.36. The van der Waals surface area contributed by atoms with Crippen molar-refractivity contribution in [2.45, 2.75) is 51.4 Å².